The molecule has 35 heavy (non-hydrogen) atoms. The van der Waals surface area contributed by atoms with E-state index in [4.69, 9.17) is 9.73 Å². The number of hydrogen-bond acceptors (Lipinski definition) is 6. The second-order valence-corrected chi connectivity index (χ2v) is 9.83. The highest BCUT2D eigenvalue weighted by atomic mass is 32.2. The molecule has 0 bridgehead atoms. The number of carbonyl (C=O) groups is 1. The zero-order valence-corrected chi connectivity index (χ0v) is 20.1. The largest absolute Gasteiger partial charge is 0.494 e. The number of sulfonamides is 1. The minimum atomic E-state index is -3.89. The first kappa shape index (κ1) is 24.2. The Morgan fingerprint density at radius 2 is 1.66 bits per heavy atom. The van der Waals surface area contributed by atoms with E-state index < -0.39 is 16.0 Å². The minimum absolute atomic E-state index is 0.00593. The van der Waals surface area contributed by atoms with Crippen molar-refractivity contribution in [1.82, 2.24) is 9.29 Å². The molecule has 4 aromatic rings. The highest BCUT2D eigenvalue weighted by molar-refractivity contribution is 7.89. The molecular formula is C26H25N3O5S. The number of fused-ring (bicyclic) bond motifs is 1. The van der Waals surface area contributed by atoms with E-state index in [2.05, 4.69) is 4.98 Å². The first-order valence-electron chi connectivity index (χ1n) is 11.0. The van der Waals surface area contributed by atoms with Crippen LogP contribution in [0.4, 0.5) is 5.69 Å². The number of esters is 1. The first-order chi connectivity index (χ1) is 16.8. The van der Waals surface area contributed by atoms with Gasteiger partial charge in [-0.1, -0.05) is 48.5 Å². The fourth-order valence-corrected chi connectivity index (χ4v) is 4.82. The number of likely N-dealkylation sites (N-methyl/N-ethyl adjacent to an activating group) is 1. The van der Waals surface area contributed by atoms with Crippen LogP contribution in [-0.4, -0.2) is 54.7 Å². The Labute approximate surface area is 203 Å². The molecule has 0 radical (unpaired) electrons. The van der Waals surface area contributed by atoms with E-state index in [1.54, 1.807) is 19.1 Å². The average molecular weight is 492 g/mol. The third-order valence-corrected chi connectivity index (χ3v) is 7.23. The van der Waals surface area contributed by atoms with Crippen molar-refractivity contribution in [3.05, 3.63) is 90.0 Å². The number of hydrogen-bond donors (Lipinski definition) is 2. The van der Waals surface area contributed by atoms with Gasteiger partial charge in [-0.3, -0.25) is 4.79 Å². The lowest BCUT2D eigenvalue weighted by Crippen LogP contribution is -2.33. The van der Waals surface area contributed by atoms with Gasteiger partial charge in [-0.2, -0.15) is 4.31 Å². The lowest BCUT2D eigenvalue weighted by Gasteiger charge is -2.16. The summed E-state index contributed by atoms with van der Waals surface area (Å²) in [5.41, 5.74) is 3.15. The first-order valence-corrected chi connectivity index (χ1v) is 12.4. The monoisotopic (exact) mass is 491 g/mol. The summed E-state index contributed by atoms with van der Waals surface area (Å²) < 4.78 is 31.5. The molecule has 2 N–H and O–H groups in total. The van der Waals surface area contributed by atoms with E-state index >= 15 is 0 Å². The van der Waals surface area contributed by atoms with E-state index in [1.165, 1.54) is 19.2 Å². The van der Waals surface area contributed by atoms with Crippen LogP contribution >= 0.6 is 0 Å². The van der Waals surface area contributed by atoms with Crippen LogP contribution in [0, 0.1) is 0 Å². The third kappa shape index (κ3) is 5.11. The maximum absolute atomic E-state index is 12.8. The number of aliphatic imine (C=N–C) groups is 1. The molecule has 0 amide bonds. The quantitative estimate of drug-likeness (QED) is 0.283. The Bertz CT molecular complexity index is 1480. The number of aromatic amines is 1. The number of H-pyrrole nitrogens is 1. The van der Waals surface area contributed by atoms with E-state index in [-0.39, 0.29) is 23.9 Å². The number of para-hydroxylation sites is 1. The number of aromatic hydroxyl groups is 1. The number of ether oxygens (including phenoxy) is 1. The topological polar surface area (TPSA) is 112 Å². The van der Waals surface area contributed by atoms with Crippen molar-refractivity contribution in [2.75, 3.05) is 20.2 Å². The van der Waals surface area contributed by atoms with Crippen molar-refractivity contribution in [1.29, 1.82) is 0 Å². The Morgan fingerprint density at radius 3 is 2.34 bits per heavy atom. The van der Waals surface area contributed by atoms with Gasteiger partial charge in [0, 0.05) is 23.5 Å². The highest BCUT2D eigenvalue weighted by Crippen LogP contribution is 2.31. The molecule has 4 rings (SSSR count). The number of rotatable bonds is 8. The lowest BCUT2D eigenvalue weighted by atomic mass is 10.0. The van der Waals surface area contributed by atoms with Crippen LogP contribution in [0.3, 0.4) is 0 Å². The molecule has 0 aliphatic carbocycles. The van der Waals surface area contributed by atoms with Crippen LogP contribution in [0.5, 0.6) is 5.88 Å². The van der Waals surface area contributed by atoms with Crippen molar-refractivity contribution in [3.63, 3.8) is 0 Å². The van der Waals surface area contributed by atoms with E-state index in [0.717, 1.165) is 20.8 Å². The summed E-state index contributed by atoms with van der Waals surface area (Å²) in [6.07, 6.45) is 0. The second-order valence-electron chi connectivity index (χ2n) is 7.78. The van der Waals surface area contributed by atoms with E-state index in [0.29, 0.717) is 17.0 Å². The zero-order chi connectivity index (χ0) is 25.0. The van der Waals surface area contributed by atoms with Gasteiger partial charge in [0.15, 0.2) is 5.88 Å². The molecule has 0 fully saturated rings. The maximum Gasteiger partial charge on any atom is 0.321 e. The van der Waals surface area contributed by atoms with Crippen LogP contribution in [-0.2, 0) is 19.6 Å². The van der Waals surface area contributed by atoms with Crippen LogP contribution in [0.25, 0.3) is 10.9 Å². The number of carbonyl (C=O) groups excluding carboxylic acids is 1. The fourth-order valence-electron chi connectivity index (χ4n) is 3.70. The molecular weight excluding hydrogens is 466 g/mol. The second kappa shape index (κ2) is 10.1. The predicted molar refractivity (Wildman–Crippen MR) is 135 cm³/mol. The van der Waals surface area contributed by atoms with Gasteiger partial charge in [-0.25, -0.2) is 13.4 Å². The van der Waals surface area contributed by atoms with Gasteiger partial charge in [-0.05, 0) is 37.3 Å². The van der Waals surface area contributed by atoms with Gasteiger partial charge in [-0.15, -0.1) is 0 Å². The van der Waals surface area contributed by atoms with Crippen molar-refractivity contribution in [2.24, 2.45) is 4.99 Å². The van der Waals surface area contributed by atoms with Crippen molar-refractivity contribution in [2.45, 2.75) is 11.8 Å². The Balaban J connectivity index is 1.73. The van der Waals surface area contributed by atoms with E-state index in [9.17, 15) is 18.3 Å². The summed E-state index contributed by atoms with van der Waals surface area (Å²) >= 11 is 0. The summed E-state index contributed by atoms with van der Waals surface area (Å²) in [5.74, 6) is -0.626. The fraction of sp³-hybridized carbons (Fsp3) is 0.154. The van der Waals surface area contributed by atoms with Gasteiger partial charge < -0.3 is 14.8 Å². The number of benzene rings is 3. The third-order valence-electron chi connectivity index (χ3n) is 5.41. The van der Waals surface area contributed by atoms with Crippen molar-refractivity contribution >= 4 is 38.3 Å². The molecule has 0 saturated carbocycles. The van der Waals surface area contributed by atoms with Crippen molar-refractivity contribution < 1.29 is 23.1 Å². The average Bonchev–Trinajstić information content (AvgIpc) is 3.19. The molecule has 0 unspecified atom stereocenters. The molecule has 180 valence electrons. The van der Waals surface area contributed by atoms with Gasteiger partial charge >= 0.3 is 5.97 Å². The summed E-state index contributed by atoms with van der Waals surface area (Å²) in [6, 6.07) is 23.0. The number of aromatic nitrogens is 1. The van der Waals surface area contributed by atoms with Gasteiger partial charge in [0.25, 0.3) is 0 Å². The summed E-state index contributed by atoms with van der Waals surface area (Å²) in [5, 5.41) is 11.5. The van der Waals surface area contributed by atoms with Crippen LogP contribution in [0.15, 0.2) is 88.8 Å². The molecule has 0 aliphatic rings. The normalized spacial score (nSPS) is 12.3. The molecule has 0 aliphatic heterocycles. The predicted octanol–water partition coefficient (Wildman–Crippen LogP) is 4.23. The smallest absolute Gasteiger partial charge is 0.321 e. The molecule has 1 heterocycles. The van der Waals surface area contributed by atoms with Gasteiger partial charge in [0.1, 0.15) is 6.54 Å². The summed E-state index contributed by atoms with van der Waals surface area (Å²) in [7, 11) is -2.56. The van der Waals surface area contributed by atoms with Crippen LogP contribution in [0.1, 0.15) is 18.1 Å². The van der Waals surface area contributed by atoms with Crippen LogP contribution < -0.4 is 0 Å². The molecule has 0 spiro atoms. The van der Waals surface area contributed by atoms with Gasteiger partial charge in [0.2, 0.25) is 10.0 Å². The van der Waals surface area contributed by atoms with Gasteiger partial charge in [0.05, 0.1) is 28.5 Å². The highest BCUT2D eigenvalue weighted by Gasteiger charge is 2.24. The maximum atomic E-state index is 12.8. The molecule has 3 aromatic carbocycles. The summed E-state index contributed by atoms with van der Waals surface area (Å²) in [4.78, 5) is 19.5. The summed E-state index contributed by atoms with van der Waals surface area (Å²) in [6.45, 7) is 1.45. The SMILES string of the molecule is CCOC(=O)CN(C)S(=O)(=O)c1ccc(N=C(c2ccccc2)c2c(O)[nH]c3ccccc23)cc1. The van der Waals surface area contributed by atoms with Crippen LogP contribution in [0.2, 0.25) is 0 Å². The minimum Gasteiger partial charge on any atom is -0.494 e. The molecule has 0 atom stereocenters. The Morgan fingerprint density at radius 1 is 1.00 bits per heavy atom. The van der Waals surface area contributed by atoms with E-state index in [1.807, 2.05) is 54.6 Å². The molecule has 8 nitrogen and oxygen atoms in total. The molecule has 9 heteroatoms. The molecule has 1 aromatic heterocycles. The lowest BCUT2D eigenvalue weighted by molar-refractivity contribution is -0.143. The Kier molecular flexibility index (Phi) is 6.99. The van der Waals surface area contributed by atoms with Crippen molar-refractivity contribution in [3.8, 4) is 5.88 Å². The zero-order valence-electron chi connectivity index (χ0n) is 19.3. The molecule has 0 saturated heterocycles. The number of nitrogens with zero attached hydrogens (tertiary/aromatic N) is 2. The Hall–Kier alpha value is -3.95. The number of nitrogens with one attached hydrogen (secondary N) is 1. The standard InChI is InChI=1S/C26H25N3O5S/c1-3-34-23(30)17-29(2)35(32,33)20-15-13-19(14-16-20)27-25(18-9-5-4-6-10-18)24-21-11-7-8-12-22(21)28-26(24)31/h4-16,28,31H,3,17H2,1-2H3.